The molecule has 0 saturated carbocycles. The first-order valence-electron chi connectivity index (χ1n) is 7.52. The minimum atomic E-state index is -0.318. The minimum absolute atomic E-state index is 0.139. The van der Waals surface area contributed by atoms with E-state index < -0.39 is 0 Å². The van der Waals surface area contributed by atoms with Gasteiger partial charge in [-0.25, -0.2) is 0 Å². The molecule has 0 unspecified atom stereocenters. The number of benzene rings is 1. The average molecular weight is 293 g/mol. The van der Waals surface area contributed by atoms with Gasteiger partial charge in [-0.2, -0.15) is 0 Å². The molecule has 1 aromatic carbocycles. The molecule has 1 aliphatic rings. The van der Waals surface area contributed by atoms with E-state index in [0.29, 0.717) is 6.47 Å². The van der Waals surface area contributed by atoms with Crippen molar-refractivity contribution in [2.75, 3.05) is 18.0 Å². The summed E-state index contributed by atoms with van der Waals surface area (Å²) in [6.07, 6.45) is 3.98. The summed E-state index contributed by atoms with van der Waals surface area (Å²) < 4.78 is 4.55. The Kier molecular flexibility index (Phi) is 7.23. The van der Waals surface area contributed by atoms with Crippen LogP contribution in [-0.2, 0) is 16.1 Å². The first kappa shape index (κ1) is 17.5. The first-order valence-corrected chi connectivity index (χ1v) is 7.52. The van der Waals surface area contributed by atoms with E-state index in [9.17, 15) is 4.79 Å². The second-order valence-electron chi connectivity index (χ2n) is 6.20. The van der Waals surface area contributed by atoms with Crippen LogP contribution < -0.4 is 4.90 Å². The highest BCUT2D eigenvalue weighted by Crippen LogP contribution is 2.19. The van der Waals surface area contributed by atoms with Gasteiger partial charge >= 0.3 is 0 Å². The third-order valence-electron chi connectivity index (χ3n) is 3.24. The number of hydrogen-bond donors (Lipinski definition) is 1. The lowest BCUT2D eigenvalue weighted by molar-refractivity contribution is -0.138. The van der Waals surface area contributed by atoms with Crippen molar-refractivity contribution in [3.05, 3.63) is 29.8 Å². The zero-order valence-corrected chi connectivity index (χ0v) is 13.3. The molecule has 0 radical (unpaired) electrons. The van der Waals surface area contributed by atoms with Crippen LogP contribution in [0.3, 0.4) is 0 Å². The zero-order chi connectivity index (χ0) is 15.7. The summed E-state index contributed by atoms with van der Waals surface area (Å²) in [5, 5.41) is 8.93. The summed E-state index contributed by atoms with van der Waals surface area (Å²) in [5.41, 5.74) is 1.97. The molecule has 1 aliphatic heterocycles. The molecule has 1 heterocycles. The molecule has 0 spiro atoms. The fourth-order valence-electron chi connectivity index (χ4n) is 2.11. The fourth-order valence-corrected chi connectivity index (χ4v) is 2.11. The lowest BCUT2D eigenvalue weighted by Gasteiger charge is -2.28. The van der Waals surface area contributed by atoms with Crippen LogP contribution in [0.25, 0.3) is 0 Å². The van der Waals surface area contributed by atoms with Crippen LogP contribution in [0.2, 0.25) is 0 Å². The number of piperidine rings is 1. The van der Waals surface area contributed by atoms with Crippen LogP contribution in [0, 0.1) is 0 Å². The smallest absolute Gasteiger partial charge is 0.293 e. The van der Waals surface area contributed by atoms with Gasteiger partial charge in [-0.15, -0.1) is 0 Å². The van der Waals surface area contributed by atoms with Crippen molar-refractivity contribution in [3.8, 4) is 0 Å². The molecule has 0 aromatic heterocycles. The number of ether oxygens (including phenoxy) is 1. The minimum Gasteiger partial charge on any atom is -0.462 e. The Morgan fingerprint density at radius 2 is 1.71 bits per heavy atom. The number of rotatable bonds is 3. The van der Waals surface area contributed by atoms with E-state index in [4.69, 9.17) is 5.11 Å². The van der Waals surface area contributed by atoms with Crippen LogP contribution in [-0.4, -0.2) is 30.3 Å². The molecule has 2 rings (SSSR count). The Morgan fingerprint density at radius 3 is 2.10 bits per heavy atom. The number of aliphatic hydroxyl groups is 1. The molecule has 1 saturated heterocycles. The predicted octanol–water partition coefficient (Wildman–Crippen LogP) is 3.13. The van der Waals surface area contributed by atoms with E-state index in [1.54, 1.807) is 0 Å². The third kappa shape index (κ3) is 7.14. The molecule has 4 heteroatoms. The van der Waals surface area contributed by atoms with Crippen LogP contribution in [0.1, 0.15) is 45.6 Å². The van der Waals surface area contributed by atoms with Gasteiger partial charge in [-0.05, 0) is 57.7 Å². The fraction of sp³-hybridized carbons (Fsp3) is 0.588. The lowest BCUT2D eigenvalue weighted by atomic mass is 10.1. The molecule has 0 aliphatic carbocycles. The van der Waals surface area contributed by atoms with Gasteiger partial charge in [-0.3, -0.25) is 4.79 Å². The second kappa shape index (κ2) is 8.67. The summed E-state index contributed by atoms with van der Waals surface area (Å²) in [7, 11) is 0. The van der Waals surface area contributed by atoms with E-state index in [-0.39, 0.29) is 12.2 Å². The largest absolute Gasteiger partial charge is 0.462 e. The molecule has 1 fully saturated rings. The lowest BCUT2D eigenvalue weighted by Crippen LogP contribution is -2.29. The van der Waals surface area contributed by atoms with Crippen LogP contribution in [0.5, 0.6) is 0 Å². The van der Waals surface area contributed by atoms with Gasteiger partial charge < -0.3 is 14.7 Å². The van der Waals surface area contributed by atoms with Crippen molar-refractivity contribution in [2.24, 2.45) is 0 Å². The van der Waals surface area contributed by atoms with Gasteiger partial charge in [-0.1, -0.05) is 12.1 Å². The molecule has 21 heavy (non-hydrogen) atoms. The van der Waals surface area contributed by atoms with Gasteiger partial charge in [0.25, 0.3) is 6.47 Å². The highest BCUT2D eigenvalue weighted by atomic mass is 16.5. The summed E-state index contributed by atoms with van der Waals surface area (Å²) in [4.78, 5) is 12.0. The standard InChI is InChI=1S/C12H17NO.C5H10O2/c14-10-11-4-6-12(7-5-11)13-8-2-1-3-9-13;1-5(2,3)7-4-6/h4-7,14H,1-3,8-10H2;4H,1-3H3. The molecular formula is C17H27NO3. The van der Waals surface area contributed by atoms with Crippen LogP contribution >= 0.6 is 0 Å². The number of hydrogen-bond acceptors (Lipinski definition) is 4. The Labute approximate surface area is 127 Å². The SMILES string of the molecule is CC(C)(C)OC=O.OCc1ccc(N2CCCCC2)cc1. The van der Waals surface area contributed by atoms with Crippen molar-refractivity contribution < 1.29 is 14.6 Å². The molecule has 118 valence electrons. The van der Waals surface area contributed by atoms with Crippen LogP contribution in [0.4, 0.5) is 5.69 Å². The number of anilines is 1. The van der Waals surface area contributed by atoms with Gasteiger partial charge in [0.2, 0.25) is 0 Å². The maximum absolute atomic E-state index is 9.60. The van der Waals surface area contributed by atoms with E-state index in [1.807, 2.05) is 32.9 Å². The highest BCUT2D eigenvalue weighted by Gasteiger charge is 2.10. The molecule has 1 N–H and O–H groups in total. The van der Waals surface area contributed by atoms with Gasteiger partial charge in [0.05, 0.1) is 6.61 Å². The van der Waals surface area contributed by atoms with E-state index in [0.717, 1.165) is 5.56 Å². The van der Waals surface area contributed by atoms with Gasteiger partial charge in [0, 0.05) is 18.8 Å². The zero-order valence-electron chi connectivity index (χ0n) is 13.3. The Bertz CT molecular complexity index is 403. The number of carbonyl (C=O) groups excluding carboxylic acids is 1. The van der Waals surface area contributed by atoms with Gasteiger partial charge in [0.1, 0.15) is 5.60 Å². The highest BCUT2D eigenvalue weighted by molar-refractivity contribution is 5.47. The topological polar surface area (TPSA) is 49.8 Å². The summed E-state index contributed by atoms with van der Waals surface area (Å²) >= 11 is 0. The van der Waals surface area contributed by atoms with Crippen molar-refractivity contribution in [2.45, 2.75) is 52.2 Å². The maximum atomic E-state index is 9.60. The number of nitrogens with zero attached hydrogens (tertiary/aromatic N) is 1. The van der Waals surface area contributed by atoms with Gasteiger partial charge in [0.15, 0.2) is 0 Å². The molecule has 0 amide bonds. The first-order chi connectivity index (χ1) is 9.96. The number of carbonyl (C=O) groups is 1. The molecule has 0 atom stereocenters. The predicted molar refractivity (Wildman–Crippen MR) is 85.3 cm³/mol. The van der Waals surface area contributed by atoms with E-state index in [1.165, 1.54) is 38.0 Å². The monoisotopic (exact) mass is 293 g/mol. The van der Waals surface area contributed by atoms with Crippen molar-refractivity contribution in [1.29, 1.82) is 0 Å². The normalized spacial score (nSPS) is 15.0. The summed E-state index contributed by atoms with van der Waals surface area (Å²) in [6, 6.07) is 8.22. The maximum Gasteiger partial charge on any atom is 0.293 e. The van der Waals surface area contributed by atoms with Crippen molar-refractivity contribution >= 4 is 12.2 Å². The molecular weight excluding hydrogens is 266 g/mol. The summed E-state index contributed by atoms with van der Waals surface area (Å²) in [6.45, 7) is 8.42. The summed E-state index contributed by atoms with van der Waals surface area (Å²) in [5.74, 6) is 0. The molecule has 4 nitrogen and oxygen atoms in total. The van der Waals surface area contributed by atoms with Crippen molar-refractivity contribution in [1.82, 2.24) is 0 Å². The van der Waals surface area contributed by atoms with E-state index >= 15 is 0 Å². The van der Waals surface area contributed by atoms with E-state index in [2.05, 4.69) is 21.8 Å². The average Bonchev–Trinajstić information content (AvgIpc) is 2.48. The Balaban J connectivity index is 0.000000270. The quantitative estimate of drug-likeness (QED) is 0.870. The van der Waals surface area contributed by atoms with Crippen molar-refractivity contribution in [3.63, 3.8) is 0 Å². The molecule has 1 aromatic rings. The number of aliphatic hydroxyl groups excluding tert-OH is 1. The second-order valence-corrected chi connectivity index (χ2v) is 6.20. The van der Waals surface area contributed by atoms with Crippen LogP contribution in [0.15, 0.2) is 24.3 Å². The Morgan fingerprint density at radius 1 is 1.14 bits per heavy atom. The Hall–Kier alpha value is -1.55. The third-order valence-corrected chi connectivity index (χ3v) is 3.24. The molecule has 0 bridgehead atoms.